The van der Waals surface area contributed by atoms with Crippen molar-refractivity contribution in [1.29, 1.82) is 5.26 Å². The molecule has 3 amide bonds. The lowest BCUT2D eigenvalue weighted by Crippen LogP contribution is -2.43. The van der Waals surface area contributed by atoms with Crippen LogP contribution in [0.25, 0.3) is 0 Å². The Hall–Kier alpha value is -4.53. The van der Waals surface area contributed by atoms with Crippen molar-refractivity contribution >= 4 is 29.0 Å². The number of carbonyl (C=O) groups excluding carboxylic acids is 2. The summed E-state index contributed by atoms with van der Waals surface area (Å²) in [5, 5.41) is 12.0. The molecular formula is C27H20F6N4O2. The van der Waals surface area contributed by atoms with Crippen molar-refractivity contribution in [1.82, 2.24) is 4.90 Å². The highest BCUT2D eigenvalue weighted by Crippen LogP contribution is 2.39. The molecule has 4 rings (SSSR count). The van der Waals surface area contributed by atoms with E-state index in [2.05, 4.69) is 5.32 Å². The van der Waals surface area contributed by atoms with Crippen molar-refractivity contribution in [2.24, 2.45) is 0 Å². The van der Waals surface area contributed by atoms with Crippen LogP contribution in [-0.4, -0.2) is 22.4 Å². The van der Waals surface area contributed by atoms with E-state index < -0.39 is 46.5 Å². The highest BCUT2D eigenvalue weighted by molar-refractivity contribution is 6.23. The maximum atomic E-state index is 13.5. The van der Waals surface area contributed by atoms with Crippen LogP contribution < -0.4 is 10.2 Å². The van der Waals surface area contributed by atoms with Crippen LogP contribution >= 0.6 is 0 Å². The Morgan fingerprint density at radius 2 is 1.54 bits per heavy atom. The summed E-state index contributed by atoms with van der Waals surface area (Å²) >= 11 is 0. The van der Waals surface area contributed by atoms with Gasteiger partial charge in [-0.15, -0.1) is 0 Å². The van der Waals surface area contributed by atoms with Crippen molar-refractivity contribution < 1.29 is 35.9 Å². The highest BCUT2D eigenvalue weighted by atomic mass is 19.4. The van der Waals surface area contributed by atoms with E-state index in [-0.39, 0.29) is 12.2 Å². The summed E-state index contributed by atoms with van der Waals surface area (Å²) in [4.78, 5) is 28.5. The third kappa shape index (κ3) is 5.25. The molecule has 1 aliphatic heterocycles. The van der Waals surface area contributed by atoms with Crippen LogP contribution in [0.15, 0.2) is 66.7 Å². The van der Waals surface area contributed by atoms with Gasteiger partial charge < -0.3 is 10.2 Å². The third-order valence-electron chi connectivity index (χ3n) is 6.35. The lowest BCUT2D eigenvalue weighted by molar-refractivity contribution is -0.138. The Morgan fingerprint density at radius 1 is 0.897 bits per heavy atom. The highest BCUT2D eigenvalue weighted by Gasteiger charge is 2.52. The Morgan fingerprint density at radius 3 is 2.13 bits per heavy atom. The van der Waals surface area contributed by atoms with Gasteiger partial charge in [0.25, 0.3) is 5.91 Å². The molecule has 0 aliphatic carbocycles. The van der Waals surface area contributed by atoms with Crippen LogP contribution in [0.2, 0.25) is 0 Å². The molecule has 202 valence electrons. The minimum atomic E-state index is -4.88. The van der Waals surface area contributed by atoms with E-state index in [1.165, 1.54) is 36.9 Å². The number of halogens is 6. The fourth-order valence-corrected chi connectivity index (χ4v) is 4.18. The van der Waals surface area contributed by atoms with Gasteiger partial charge in [0.2, 0.25) is 0 Å². The van der Waals surface area contributed by atoms with Crippen LogP contribution in [-0.2, 0) is 23.7 Å². The minimum Gasteiger partial charge on any atom is -0.355 e. The summed E-state index contributed by atoms with van der Waals surface area (Å²) in [6.45, 7) is 2.77. The lowest BCUT2D eigenvalue weighted by Gasteiger charge is -2.28. The molecule has 1 heterocycles. The Bertz CT molecular complexity index is 1470. The zero-order valence-corrected chi connectivity index (χ0v) is 20.5. The summed E-state index contributed by atoms with van der Waals surface area (Å²) in [5.74, 6) is -0.765. The normalized spacial score (nSPS) is 15.5. The molecule has 1 N–H and O–H groups in total. The average molecular weight is 546 g/mol. The number of urea groups is 1. The number of para-hydroxylation sites is 1. The van der Waals surface area contributed by atoms with E-state index in [0.29, 0.717) is 27.9 Å². The van der Waals surface area contributed by atoms with Crippen molar-refractivity contribution in [2.45, 2.75) is 38.3 Å². The summed E-state index contributed by atoms with van der Waals surface area (Å²) in [6.07, 6.45) is -9.38. The number of anilines is 3. The maximum Gasteiger partial charge on any atom is 0.417 e. The number of benzene rings is 3. The molecule has 3 aromatic rings. The molecule has 0 bridgehead atoms. The van der Waals surface area contributed by atoms with Crippen molar-refractivity contribution in [2.75, 3.05) is 10.2 Å². The summed E-state index contributed by atoms with van der Waals surface area (Å²) in [6, 6.07) is 14.1. The molecule has 0 saturated carbocycles. The monoisotopic (exact) mass is 546 g/mol. The van der Waals surface area contributed by atoms with Crippen LogP contribution in [0, 0.1) is 11.3 Å². The van der Waals surface area contributed by atoms with Crippen molar-refractivity contribution in [3.05, 3.63) is 89.0 Å². The molecule has 0 atom stereocenters. The number of carbonyl (C=O) groups is 2. The molecule has 1 saturated heterocycles. The molecule has 39 heavy (non-hydrogen) atoms. The van der Waals surface area contributed by atoms with Crippen LogP contribution in [0.5, 0.6) is 0 Å². The molecule has 0 spiro atoms. The quantitative estimate of drug-likeness (QED) is 0.274. The van der Waals surface area contributed by atoms with E-state index in [4.69, 9.17) is 5.26 Å². The molecule has 6 nitrogen and oxygen atoms in total. The molecule has 1 fully saturated rings. The van der Waals surface area contributed by atoms with Gasteiger partial charge in [-0.3, -0.25) is 4.79 Å². The van der Waals surface area contributed by atoms with Crippen molar-refractivity contribution in [3.63, 3.8) is 0 Å². The van der Waals surface area contributed by atoms with Gasteiger partial charge in [-0.2, -0.15) is 31.6 Å². The molecule has 0 radical (unpaired) electrons. The van der Waals surface area contributed by atoms with Gasteiger partial charge in [0.1, 0.15) is 5.54 Å². The number of nitrogens with one attached hydrogen (secondary N) is 1. The number of alkyl halides is 6. The zero-order valence-electron chi connectivity index (χ0n) is 20.5. The number of hydrogen-bond donors (Lipinski definition) is 1. The predicted octanol–water partition coefficient (Wildman–Crippen LogP) is 7.09. The van der Waals surface area contributed by atoms with Gasteiger partial charge in [-0.05, 0) is 67.9 Å². The van der Waals surface area contributed by atoms with Crippen molar-refractivity contribution in [3.8, 4) is 6.07 Å². The molecule has 0 aromatic heterocycles. The SMILES string of the molecule is CC1(C)C(=O)N(c2ccc(C#N)c(C(F)(F)F)c2)C(=O)N1Cc1ccccc1Nc1ccc(C(F)(F)F)cc1. The topological polar surface area (TPSA) is 76.4 Å². The van der Waals surface area contributed by atoms with Gasteiger partial charge in [0.15, 0.2) is 0 Å². The van der Waals surface area contributed by atoms with E-state index in [1.54, 1.807) is 24.3 Å². The minimum absolute atomic E-state index is 0.139. The first-order valence-corrected chi connectivity index (χ1v) is 11.4. The second kappa shape index (κ2) is 9.65. The first-order chi connectivity index (χ1) is 18.1. The second-order valence-electron chi connectivity index (χ2n) is 9.27. The molecular weight excluding hydrogens is 526 g/mol. The number of amides is 3. The van der Waals surface area contributed by atoms with Gasteiger partial charge in [-0.1, -0.05) is 18.2 Å². The largest absolute Gasteiger partial charge is 0.417 e. The number of nitriles is 1. The van der Waals surface area contributed by atoms with Gasteiger partial charge in [0, 0.05) is 11.4 Å². The summed E-state index contributed by atoms with van der Waals surface area (Å²) < 4.78 is 79.2. The van der Waals surface area contributed by atoms with Crippen LogP contribution in [0.4, 0.5) is 48.2 Å². The number of imide groups is 1. The van der Waals surface area contributed by atoms with E-state index in [0.717, 1.165) is 24.3 Å². The second-order valence-corrected chi connectivity index (χ2v) is 9.27. The Kier molecular flexibility index (Phi) is 6.81. The summed E-state index contributed by atoms with van der Waals surface area (Å²) in [7, 11) is 0. The Labute approximate surface area is 219 Å². The maximum absolute atomic E-state index is 13.5. The predicted molar refractivity (Wildman–Crippen MR) is 130 cm³/mol. The smallest absolute Gasteiger partial charge is 0.355 e. The standard InChI is InChI=1S/C27H20F6N4O2/c1-25(2)23(38)37(20-12-7-16(14-34)21(13-20)27(31,32)33)24(39)36(25)15-17-5-3-4-6-22(17)35-19-10-8-18(9-11-19)26(28,29)30/h3-13,35H,15H2,1-2H3. The zero-order chi connectivity index (χ0) is 28.8. The molecule has 0 unspecified atom stereocenters. The summed E-state index contributed by atoms with van der Waals surface area (Å²) in [5.41, 5.74) is -3.23. The van der Waals surface area contributed by atoms with E-state index in [9.17, 15) is 35.9 Å². The average Bonchev–Trinajstić information content (AvgIpc) is 3.03. The lowest BCUT2D eigenvalue weighted by atomic mass is 10.0. The first-order valence-electron chi connectivity index (χ1n) is 11.4. The fourth-order valence-electron chi connectivity index (χ4n) is 4.18. The number of nitrogens with zero attached hydrogens (tertiary/aromatic N) is 3. The molecule has 1 aliphatic rings. The van der Waals surface area contributed by atoms with Crippen LogP contribution in [0.1, 0.15) is 36.1 Å². The first kappa shape index (κ1) is 27.5. The molecule has 12 heteroatoms. The van der Waals surface area contributed by atoms with Gasteiger partial charge >= 0.3 is 18.4 Å². The van der Waals surface area contributed by atoms with E-state index >= 15 is 0 Å². The third-order valence-corrected chi connectivity index (χ3v) is 6.35. The molecule has 3 aromatic carbocycles. The van der Waals surface area contributed by atoms with Gasteiger partial charge in [-0.25, -0.2) is 9.69 Å². The fraction of sp³-hybridized carbons (Fsp3) is 0.222. The Balaban J connectivity index is 1.64. The number of hydrogen-bond acceptors (Lipinski definition) is 4. The van der Waals surface area contributed by atoms with Gasteiger partial charge in [0.05, 0.1) is 35.0 Å². The van der Waals surface area contributed by atoms with E-state index in [1.807, 2.05) is 0 Å². The van der Waals surface area contributed by atoms with Crippen LogP contribution in [0.3, 0.4) is 0 Å². The number of rotatable bonds is 5.